The van der Waals surface area contributed by atoms with Crippen LogP contribution in [0.1, 0.15) is 5.56 Å². The Balaban J connectivity index is 1.71. The van der Waals surface area contributed by atoms with Crippen molar-refractivity contribution in [3.8, 4) is 17.0 Å². The van der Waals surface area contributed by atoms with E-state index >= 15 is 0 Å². The molecule has 0 fully saturated rings. The van der Waals surface area contributed by atoms with E-state index in [1.165, 1.54) is 23.5 Å². The molecule has 2 aromatic carbocycles. The van der Waals surface area contributed by atoms with Crippen molar-refractivity contribution in [3.05, 3.63) is 68.5 Å². The molecule has 0 atom stereocenters. The molecule has 1 heterocycles. The number of nitro benzene ring substituents is 1. The Kier molecular flexibility index (Phi) is 5.45. The highest BCUT2D eigenvalue weighted by molar-refractivity contribution is 7.14. The molecule has 0 radical (unpaired) electrons. The van der Waals surface area contributed by atoms with E-state index in [1.54, 1.807) is 43.7 Å². The summed E-state index contributed by atoms with van der Waals surface area (Å²) >= 11 is 7.44. The molecule has 132 valence electrons. The van der Waals surface area contributed by atoms with Crippen LogP contribution in [0.5, 0.6) is 5.75 Å². The van der Waals surface area contributed by atoms with Crippen LogP contribution in [0.2, 0.25) is 5.02 Å². The second kappa shape index (κ2) is 7.94. The molecule has 3 rings (SSSR count). The number of non-ortho nitro benzene ring substituents is 1. The average molecular weight is 389 g/mol. The molecule has 0 unspecified atom stereocenters. The van der Waals surface area contributed by atoms with Gasteiger partial charge in [-0.15, -0.1) is 11.3 Å². The maximum atomic E-state index is 10.6. The van der Waals surface area contributed by atoms with Gasteiger partial charge in [-0.05, 0) is 35.9 Å². The third-order valence-electron chi connectivity index (χ3n) is 3.42. The van der Waals surface area contributed by atoms with E-state index in [1.807, 2.05) is 5.38 Å². The van der Waals surface area contributed by atoms with Crippen LogP contribution in [0.15, 0.2) is 52.9 Å². The second-order valence-corrected chi connectivity index (χ2v) is 6.40. The number of nitro groups is 1. The van der Waals surface area contributed by atoms with Crippen molar-refractivity contribution >= 4 is 40.0 Å². The summed E-state index contributed by atoms with van der Waals surface area (Å²) < 4.78 is 5.34. The topological polar surface area (TPSA) is 89.6 Å². The predicted octanol–water partition coefficient (Wildman–Crippen LogP) is 4.83. The zero-order chi connectivity index (χ0) is 18.5. The van der Waals surface area contributed by atoms with Crippen molar-refractivity contribution in [2.45, 2.75) is 0 Å². The number of thiazole rings is 1. The number of nitrogens with one attached hydrogen (secondary N) is 1. The van der Waals surface area contributed by atoms with Crippen molar-refractivity contribution in [1.29, 1.82) is 0 Å². The molecule has 1 aromatic heterocycles. The van der Waals surface area contributed by atoms with E-state index in [0.29, 0.717) is 15.9 Å². The Morgan fingerprint density at radius 1 is 1.31 bits per heavy atom. The van der Waals surface area contributed by atoms with Gasteiger partial charge in [0, 0.05) is 28.1 Å². The van der Waals surface area contributed by atoms with Gasteiger partial charge in [-0.3, -0.25) is 15.5 Å². The van der Waals surface area contributed by atoms with Gasteiger partial charge in [0.2, 0.25) is 5.13 Å². The van der Waals surface area contributed by atoms with Crippen LogP contribution in [0.3, 0.4) is 0 Å². The molecular weight excluding hydrogens is 376 g/mol. The molecule has 0 saturated carbocycles. The second-order valence-electron chi connectivity index (χ2n) is 5.10. The largest absolute Gasteiger partial charge is 0.496 e. The van der Waals surface area contributed by atoms with Crippen LogP contribution < -0.4 is 10.2 Å². The van der Waals surface area contributed by atoms with Crippen molar-refractivity contribution < 1.29 is 9.66 Å². The molecular formula is C17H13ClN4O3S. The number of ether oxygens (including phenoxy) is 1. The van der Waals surface area contributed by atoms with Crippen molar-refractivity contribution in [2.75, 3.05) is 12.5 Å². The summed E-state index contributed by atoms with van der Waals surface area (Å²) in [5.74, 6) is 0.681. The number of hydrazone groups is 1. The monoisotopic (exact) mass is 388 g/mol. The van der Waals surface area contributed by atoms with Gasteiger partial charge in [-0.1, -0.05) is 11.6 Å². The average Bonchev–Trinajstić information content (AvgIpc) is 3.11. The SMILES string of the molecule is COc1ccc(Cl)cc1-c1csc(NN=Cc2ccc([N+](=O)[O-])cc2)n1. The summed E-state index contributed by atoms with van der Waals surface area (Å²) in [6, 6.07) is 11.4. The Hall–Kier alpha value is -2.97. The minimum absolute atomic E-state index is 0.0372. The summed E-state index contributed by atoms with van der Waals surface area (Å²) in [6.07, 6.45) is 1.56. The van der Waals surface area contributed by atoms with Gasteiger partial charge < -0.3 is 4.74 Å². The first kappa shape index (κ1) is 17.8. The minimum atomic E-state index is -0.444. The molecule has 0 aliphatic rings. The number of hydrogen-bond donors (Lipinski definition) is 1. The molecule has 0 aliphatic heterocycles. The molecule has 0 amide bonds. The van der Waals surface area contributed by atoms with Gasteiger partial charge >= 0.3 is 0 Å². The predicted molar refractivity (Wildman–Crippen MR) is 103 cm³/mol. The number of hydrogen-bond acceptors (Lipinski definition) is 7. The van der Waals surface area contributed by atoms with Gasteiger partial charge in [0.25, 0.3) is 5.69 Å². The number of methoxy groups -OCH3 is 1. The Morgan fingerprint density at radius 3 is 2.77 bits per heavy atom. The first-order valence-corrected chi connectivity index (χ1v) is 8.65. The number of aromatic nitrogens is 1. The molecule has 0 aliphatic carbocycles. The van der Waals surface area contributed by atoms with Gasteiger partial charge in [-0.2, -0.15) is 5.10 Å². The normalized spacial score (nSPS) is 10.8. The number of halogens is 1. The Bertz CT molecular complexity index is 957. The first-order chi connectivity index (χ1) is 12.6. The smallest absolute Gasteiger partial charge is 0.269 e. The standard InChI is InChI=1S/C17H13ClN4O3S/c1-25-16-7-4-12(18)8-14(16)15-10-26-17(20-15)21-19-9-11-2-5-13(6-3-11)22(23)24/h2-10H,1H3,(H,20,21). The lowest BCUT2D eigenvalue weighted by atomic mass is 10.1. The van der Waals surface area contributed by atoms with E-state index < -0.39 is 4.92 Å². The lowest BCUT2D eigenvalue weighted by Gasteiger charge is -2.06. The van der Waals surface area contributed by atoms with Crippen molar-refractivity contribution in [3.63, 3.8) is 0 Å². The molecule has 0 saturated heterocycles. The lowest BCUT2D eigenvalue weighted by molar-refractivity contribution is -0.384. The van der Waals surface area contributed by atoms with E-state index in [0.717, 1.165) is 16.8 Å². The summed E-state index contributed by atoms with van der Waals surface area (Å²) in [7, 11) is 1.59. The molecule has 9 heteroatoms. The van der Waals surface area contributed by atoms with E-state index in [2.05, 4.69) is 15.5 Å². The van der Waals surface area contributed by atoms with Crippen LogP contribution in [0, 0.1) is 10.1 Å². The summed E-state index contributed by atoms with van der Waals surface area (Å²) in [5, 5.41) is 17.8. The van der Waals surface area contributed by atoms with Crippen LogP contribution in [0.4, 0.5) is 10.8 Å². The third kappa shape index (κ3) is 4.16. The highest BCUT2D eigenvalue weighted by Crippen LogP contribution is 2.34. The molecule has 1 N–H and O–H groups in total. The minimum Gasteiger partial charge on any atom is -0.496 e. The summed E-state index contributed by atoms with van der Waals surface area (Å²) in [5.41, 5.74) is 5.13. The van der Waals surface area contributed by atoms with E-state index in [-0.39, 0.29) is 5.69 Å². The van der Waals surface area contributed by atoms with Gasteiger partial charge in [0.05, 0.1) is 23.9 Å². The number of rotatable bonds is 6. The highest BCUT2D eigenvalue weighted by Gasteiger charge is 2.10. The molecule has 0 spiro atoms. The molecule has 26 heavy (non-hydrogen) atoms. The number of nitrogens with zero attached hydrogens (tertiary/aromatic N) is 3. The molecule has 0 bridgehead atoms. The Labute approximate surface area is 158 Å². The van der Waals surface area contributed by atoms with Gasteiger partial charge in [-0.25, -0.2) is 4.98 Å². The number of benzene rings is 2. The molecule has 7 nitrogen and oxygen atoms in total. The quantitative estimate of drug-likeness (QED) is 0.371. The van der Waals surface area contributed by atoms with E-state index in [4.69, 9.17) is 16.3 Å². The van der Waals surface area contributed by atoms with Crippen molar-refractivity contribution in [1.82, 2.24) is 4.98 Å². The lowest BCUT2D eigenvalue weighted by Crippen LogP contribution is -1.92. The molecule has 3 aromatic rings. The fourth-order valence-corrected chi connectivity index (χ4v) is 3.00. The maximum absolute atomic E-state index is 10.6. The van der Waals surface area contributed by atoms with E-state index in [9.17, 15) is 10.1 Å². The first-order valence-electron chi connectivity index (χ1n) is 7.40. The third-order valence-corrected chi connectivity index (χ3v) is 4.40. The van der Waals surface area contributed by atoms with Gasteiger partial charge in [0.1, 0.15) is 5.75 Å². The summed E-state index contributed by atoms with van der Waals surface area (Å²) in [4.78, 5) is 14.7. The Morgan fingerprint density at radius 2 is 2.08 bits per heavy atom. The van der Waals surface area contributed by atoms with Crippen LogP contribution in [0.25, 0.3) is 11.3 Å². The fourth-order valence-electron chi connectivity index (χ4n) is 2.17. The fraction of sp³-hybridized carbons (Fsp3) is 0.0588. The zero-order valence-corrected chi connectivity index (χ0v) is 15.1. The van der Waals surface area contributed by atoms with Crippen LogP contribution >= 0.6 is 22.9 Å². The van der Waals surface area contributed by atoms with Crippen LogP contribution in [-0.2, 0) is 0 Å². The van der Waals surface area contributed by atoms with Crippen LogP contribution in [-0.4, -0.2) is 23.2 Å². The maximum Gasteiger partial charge on any atom is 0.269 e. The number of anilines is 1. The highest BCUT2D eigenvalue weighted by atomic mass is 35.5. The van der Waals surface area contributed by atoms with Crippen molar-refractivity contribution in [2.24, 2.45) is 5.10 Å². The zero-order valence-electron chi connectivity index (χ0n) is 13.5. The van der Waals surface area contributed by atoms with Gasteiger partial charge in [0.15, 0.2) is 0 Å². The summed E-state index contributed by atoms with van der Waals surface area (Å²) in [6.45, 7) is 0.